The number of carbonyl (C=O) groups excluding carboxylic acids is 1. The average Bonchev–Trinajstić information content (AvgIpc) is 2.81. The molecule has 1 aliphatic carbocycles. The fourth-order valence-electron chi connectivity index (χ4n) is 2.97. The van der Waals surface area contributed by atoms with Crippen LogP contribution < -0.4 is 10.6 Å². The van der Waals surface area contributed by atoms with Gasteiger partial charge in [0, 0.05) is 31.7 Å². The third-order valence-corrected chi connectivity index (χ3v) is 4.13. The Bertz CT molecular complexity index is 263. The van der Waals surface area contributed by atoms with Gasteiger partial charge in [-0.2, -0.15) is 0 Å². The van der Waals surface area contributed by atoms with Crippen molar-refractivity contribution in [1.82, 2.24) is 15.5 Å². The second-order valence-electron chi connectivity index (χ2n) is 5.46. The van der Waals surface area contributed by atoms with Crippen LogP contribution in [0.5, 0.6) is 0 Å². The van der Waals surface area contributed by atoms with Crippen molar-refractivity contribution in [3.05, 3.63) is 0 Å². The maximum atomic E-state index is 12.2. The van der Waals surface area contributed by atoms with Gasteiger partial charge in [0.25, 0.3) is 0 Å². The van der Waals surface area contributed by atoms with Crippen LogP contribution in [0.3, 0.4) is 0 Å². The molecule has 0 bridgehead atoms. The first kappa shape index (κ1) is 12.8. The number of carbonyl (C=O) groups is 1. The molecule has 2 fully saturated rings. The van der Waals surface area contributed by atoms with Gasteiger partial charge in [-0.3, -0.25) is 9.69 Å². The lowest BCUT2D eigenvalue weighted by molar-refractivity contribution is -0.127. The van der Waals surface area contributed by atoms with E-state index in [1.807, 2.05) is 6.92 Å². The molecule has 4 heteroatoms. The van der Waals surface area contributed by atoms with Crippen molar-refractivity contribution in [2.24, 2.45) is 0 Å². The van der Waals surface area contributed by atoms with Crippen molar-refractivity contribution < 1.29 is 4.79 Å². The van der Waals surface area contributed by atoms with Crippen LogP contribution in [0.25, 0.3) is 0 Å². The quantitative estimate of drug-likeness (QED) is 0.763. The highest BCUT2D eigenvalue weighted by Crippen LogP contribution is 2.18. The van der Waals surface area contributed by atoms with E-state index in [1.165, 1.54) is 12.8 Å². The lowest BCUT2D eigenvalue weighted by Crippen LogP contribution is -2.57. The molecule has 0 aromatic heterocycles. The molecule has 1 heterocycles. The molecule has 1 aliphatic heterocycles. The van der Waals surface area contributed by atoms with Crippen LogP contribution in [0.15, 0.2) is 0 Å². The molecule has 2 rings (SSSR count). The third kappa shape index (κ3) is 3.19. The van der Waals surface area contributed by atoms with E-state index in [1.54, 1.807) is 0 Å². The van der Waals surface area contributed by atoms with Gasteiger partial charge in [0.05, 0.1) is 6.04 Å². The van der Waals surface area contributed by atoms with Gasteiger partial charge in [0.1, 0.15) is 0 Å². The molecule has 1 amide bonds. The summed E-state index contributed by atoms with van der Waals surface area (Å²) in [6.07, 6.45) is 4.86. The number of hydrogen-bond acceptors (Lipinski definition) is 3. The lowest BCUT2D eigenvalue weighted by Gasteiger charge is -2.37. The van der Waals surface area contributed by atoms with E-state index in [-0.39, 0.29) is 11.9 Å². The number of rotatable bonds is 3. The molecule has 0 aromatic rings. The Morgan fingerprint density at radius 3 is 2.76 bits per heavy atom. The van der Waals surface area contributed by atoms with Gasteiger partial charge in [-0.15, -0.1) is 0 Å². The molecule has 1 saturated heterocycles. The number of nitrogens with zero attached hydrogens (tertiary/aromatic N) is 1. The van der Waals surface area contributed by atoms with E-state index < -0.39 is 0 Å². The highest BCUT2D eigenvalue weighted by Gasteiger charge is 2.29. The Morgan fingerprint density at radius 2 is 2.12 bits per heavy atom. The van der Waals surface area contributed by atoms with Gasteiger partial charge >= 0.3 is 0 Å². The molecule has 2 aliphatic rings. The summed E-state index contributed by atoms with van der Waals surface area (Å²) in [5.41, 5.74) is 0. The number of nitrogens with one attached hydrogen (secondary N) is 2. The van der Waals surface area contributed by atoms with Crippen molar-refractivity contribution >= 4 is 5.91 Å². The van der Waals surface area contributed by atoms with Crippen LogP contribution in [0, 0.1) is 0 Å². The molecule has 2 atom stereocenters. The summed E-state index contributed by atoms with van der Waals surface area (Å²) >= 11 is 0. The van der Waals surface area contributed by atoms with Gasteiger partial charge in [-0.25, -0.2) is 0 Å². The lowest BCUT2D eigenvalue weighted by atomic mass is 10.1. The maximum Gasteiger partial charge on any atom is 0.237 e. The smallest absolute Gasteiger partial charge is 0.237 e. The summed E-state index contributed by atoms with van der Waals surface area (Å²) in [6, 6.07) is 0.893. The monoisotopic (exact) mass is 239 g/mol. The zero-order chi connectivity index (χ0) is 12.3. The molecule has 1 unspecified atom stereocenters. The Kier molecular flexibility index (Phi) is 4.40. The topological polar surface area (TPSA) is 44.4 Å². The molecule has 0 aromatic carbocycles. The largest absolute Gasteiger partial charge is 0.352 e. The SMILES string of the molecule is CC(C(=O)NC1CCCC1)N1CCNC[C@@H]1C. The minimum atomic E-state index is 0.00713. The van der Waals surface area contributed by atoms with Gasteiger partial charge in [0.15, 0.2) is 0 Å². The Labute approximate surface area is 104 Å². The number of hydrogen-bond donors (Lipinski definition) is 2. The predicted octanol–water partition coefficient (Wildman–Crippen LogP) is 0.727. The molecule has 2 N–H and O–H groups in total. The molecule has 98 valence electrons. The van der Waals surface area contributed by atoms with Gasteiger partial charge in [-0.05, 0) is 26.7 Å². The predicted molar refractivity (Wildman–Crippen MR) is 68.9 cm³/mol. The third-order valence-electron chi connectivity index (χ3n) is 4.13. The van der Waals surface area contributed by atoms with Crippen molar-refractivity contribution in [2.75, 3.05) is 19.6 Å². The molecular weight excluding hydrogens is 214 g/mol. The average molecular weight is 239 g/mol. The summed E-state index contributed by atoms with van der Waals surface area (Å²) < 4.78 is 0. The molecule has 4 nitrogen and oxygen atoms in total. The van der Waals surface area contributed by atoms with Crippen LogP contribution >= 0.6 is 0 Å². The van der Waals surface area contributed by atoms with Gasteiger partial charge in [0.2, 0.25) is 5.91 Å². The molecular formula is C13H25N3O. The summed E-state index contributed by atoms with van der Waals surface area (Å²) in [5, 5.41) is 6.55. The maximum absolute atomic E-state index is 12.2. The van der Waals surface area contributed by atoms with Crippen LogP contribution in [-0.4, -0.2) is 48.6 Å². The van der Waals surface area contributed by atoms with Crippen LogP contribution in [0.4, 0.5) is 0 Å². The minimum absolute atomic E-state index is 0.00713. The summed E-state index contributed by atoms with van der Waals surface area (Å²) in [7, 11) is 0. The first-order valence-corrected chi connectivity index (χ1v) is 6.95. The molecule has 17 heavy (non-hydrogen) atoms. The summed E-state index contributed by atoms with van der Waals surface area (Å²) in [5.74, 6) is 0.214. The normalized spacial score (nSPS) is 29.2. The standard InChI is InChI=1S/C13H25N3O/c1-10-9-14-7-8-16(10)11(2)13(17)15-12-5-3-4-6-12/h10-12,14H,3-9H2,1-2H3,(H,15,17)/t10-,11?/m0/s1. The Hall–Kier alpha value is -0.610. The highest BCUT2D eigenvalue weighted by atomic mass is 16.2. The van der Waals surface area contributed by atoms with Crippen LogP contribution in [0.1, 0.15) is 39.5 Å². The van der Waals surface area contributed by atoms with Crippen molar-refractivity contribution in [1.29, 1.82) is 0 Å². The second-order valence-corrected chi connectivity index (χ2v) is 5.46. The zero-order valence-electron chi connectivity index (χ0n) is 11.0. The highest BCUT2D eigenvalue weighted by molar-refractivity contribution is 5.81. The van der Waals surface area contributed by atoms with E-state index in [4.69, 9.17) is 0 Å². The van der Waals surface area contributed by atoms with Gasteiger partial charge in [-0.1, -0.05) is 12.8 Å². The first-order chi connectivity index (χ1) is 8.18. The van der Waals surface area contributed by atoms with E-state index in [9.17, 15) is 4.79 Å². The second kappa shape index (κ2) is 5.83. The fraction of sp³-hybridized carbons (Fsp3) is 0.923. The van der Waals surface area contributed by atoms with Crippen molar-refractivity contribution in [3.63, 3.8) is 0 Å². The van der Waals surface area contributed by atoms with E-state index in [2.05, 4.69) is 22.5 Å². The number of amides is 1. The Morgan fingerprint density at radius 1 is 1.41 bits per heavy atom. The first-order valence-electron chi connectivity index (χ1n) is 6.95. The van der Waals surface area contributed by atoms with Crippen molar-refractivity contribution in [3.8, 4) is 0 Å². The van der Waals surface area contributed by atoms with Crippen LogP contribution in [0.2, 0.25) is 0 Å². The minimum Gasteiger partial charge on any atom is -0.352 e. The molecule has 0 spiro atoms. The number of piperazine rings is 1. The van der Waals surface area contributed by atoms with Crippen molar-refractivity contribution in [2.45, 2.75) is 57.7 Å². The van der Waals surface area contributed by atoms with E-state index in [0.29, 0.717) is 12.1 Å². The van der Waals surface area contributed by atoms with Gasteiger partial charge < -0.3 is 10.6 Å². The summed E-state index contributed by atoms with van der Waals surface area (Å²) in [6.45, 7) is 7.17. The molecule has 0 radical (unpaired) electrons. The van der Waals surface area contributed by atoms with E-state index in [0.717, 1.165) is 32.5 Å². The Balaban J connectivity index is 1.84. The fourth-order valence-corrected chi connectivity index (χ4v) is 2.97. The zero-order valence-corrected chi connectivity index (χ0v) is 11.0. The summed E-state index contributed by atoms with van der Waals surface area (Å²) in [4.78, 5) is 14.5. The van der Waals surface area contributed by atoms with E-state index >= 15 is 0 Å². The molecule has 1 saturated carbocycles. The van der Waals surface area contributed by atoms with Crippen LogP contribution in [-0.2, 0) is 4.79 Å².